The number of anilines is 1. The molecule has 2 amide bonds. The predicted molar refractivity (Wildman–Crippen MR) is 108 cm³/mol. The minimum absolute atomic E-state index is 0.0243. The van der Waals surface area contributed by atoms with E-state index >= 15 is 0 Å². The minimum Gasteiger partial charge on any atom is -0.444 e. The van der Waals surface area contributed by atoms with Gasteiger partial charge in [0.1, 0.15) is 11.4 Å². The van der Waals surface area contributed by atoms with Gasteiger partial charge in [-0.15, -0.1) is 0 Å². The number of halogens is 2. The van der Waals surface area contributed by atoms with E-state index in [9.17, 15) is 14.0 Å². The van der Waals surface area contributed by atoms with Crippen LogP contribution in [0.15, 0.2) is 18.2 Å². The number of piperidine rings is 1. The molecule has 0 aromatic heterocycles. The highest BCUT2D eigenvalue weighted by Crippen LogP contribution is 2.22. The van der Waals surface area contributed by atoms with Gasteiger partial charge < -0.3 is 15.4 Å². The highest BCUT2D eigenvalue weighted by atomic mass is 35.5. The zero-order valence-electron chi connectivity index (χ0n) is 16.9. The number of carbonyl (C=O) groups excluding carboxylic acids is 2. The van der Waals surface area contributed by atoms with E-state index in [-0.39, 0.29) is 17.0 Å². The van der Waals surface area contributed by atoms with Crippen LogP contribution in [0.5, 0.6) is 0 Å². The number of alkyl carbamates (subject to hydrolysis) is 1. The van der Waals surface area contributed by atoms with Crippen LogP contribution in [0.3, 0.4) is 0 Å². The molecule has 1 aliphatic heterocycles. The number of hydrogen-bond acceptors (Lipinski definition) is 4. The number of rotatable bonds is 5. The average Bonchev–Trinajstić information content (AvgIpc) is 2.61. The Labute approximate surface area is 170 Å². The summed E-state index contributed by atoms with van der Waals surface area (Å²) in [7, 11) is 0. The SMILES string of the molecule is CC(C(=O)Nc1ccc(F)c(Cl)c1)N1CCC(CNC(=O)OC(C)(C)C)CC1. The van der Waals surface area contributed by atoms with E-state index < -0.39 is 17.5 Å². The first-order valence-corrected chi connectivity index (χ1v) is 9.90. The normalized spacial score (nSPS) is 17.1. The van der Waals surface area contributed by atoms with Gasteiger partial charge in [-0.3, -0.25) is 9.69 Å². The number of benzene rings is 1. The van der Waals surface area contributed by atoms with Crippen LogP contribution in [0.25, 0.3) is 0 Å². The molecule has 6 nitrogen and oxygen atoms in total. The van der Waals surface area contributed by atoms with Gasteiger partial charge in [-0.25, -0.2) is 9.18 Å². The predicted octanol–water partition coefficient (Wildman–Crippen LogP) is 4.04. The maximum Gasteiger partial charge on any atom is 0.407 e. The Balaban J connectivity index is 1.76. The van der Waals surface area contributed by atoms with E-state index in [4.69, 9.17) is 16.3 Å². The Morgan fingerprint density at radius 1 is 1.32 bits per heavy atom. The topological polar surface area (TPSA) is 70.7 Å². The summed E-state index contributed by atoms with van der Waals surface area (Å²) < 4.78 is 18.5. The van der Waals surface area contributed by atoms with Crippen molar-refractivity contribution >= 4 is 29.3 Å². The van der Waals surface area contributed by atoms with Crippen molar-refractivity contribution in [3.63, 3.8) is 0 Å². The summed E-state index contributed by atoms with van der Waals surface area (Å²) in [5.74, 6) is -0.322. The monoisotopic (exact) mass is 413 g/mol. The first-order valence-electron chi connectivity index (χ1n) is 9.52. The second-order valence-electron chi connectivity index (χ2n) is 8.16. The minimum atomic E-state index is -0.519. The van der Waals surface area contributed by atoms with Crippen LogP contribution in [-0.2, 0) is 9.53 Å². The van der Waals surface area contributed by atoms with Gasteiger partial charge in [-0.05, 0) is 77.7 Å². The summed E-state index contributed by atoms with van der Waals surface area (Å²) in [4.78, 5) is 26.3. The Bertz CT molecular complexity index is 700. The van der Waals surface area contributed by atoms with Crippen molar-refractivity contribution in [2.24, 2.45) is 5.92 Å². The van der Waals surface area contributed by atoms with Gasteiger partial charge in [0.2, 0.25) is 5.91 Å². The molecule has 1 saturated heterocycles. The van der Waals surface area contributed by atoms with Crippen LogP contribution in [0.1, 0.15) is 40.5 Å². The molecule has 1 unspecified atom stereocenters. The lowest BCUT2D eigenvalue weighted by atomic mass is 9.96. The van der Waals surface area contributed by atoms with Crippen molar-refractivity contribution in [1.29, 1.82) is 0 Å². The molecule has 0 radical (unpaired) electrons. The van der Waals surface area contributed by atoms with E-state index in [1.165, 1.54) is 18.2 Å². The molecule has 2 rings (SSSR count). The number of ether oxygens (including phenoxy) is 1. The fourth-order valence-corrected chi connectivity index (χ4v) is 3.25. The van der Waals surface area contributed by atoms with Crippen LogP contribution < -0.4 is 10.6 Å². The number of carbonyl (C=O) groups is 2. The number of nitrogens with zero attached hydrogens (tertiary/aromatic N) is 1. The Hall–Kier alpha value is -1.86. The third kappa shape index (κ3) is 6.95. The molecular weight excluding hydrogens is 385 g/mol. The standard InChI is InChI=1S/C20H29ClFN3O3/c1-13(18(26)24-15-5-6-17(22)16(21)11-15)25-9-7-14(8-10-25)12-23-19(27)28-20(2,3)4/h5-6,11,13-14H,7-10,12H2,1-4H3,(H,23,27)(H,24,26). The summed E-state index contributed by atoms with van der Waals surface area (Å²) in [5.41, 5.74) is -0.0370. The van der Waals surface area contributed by atoms with Gasteiger partial charge in [0.15, 0.2) is 0 Å². The molecule has 0 saturated carbocycles. The van der Waals surface area contributed by atoms with E-state index in [0.717, 1.165) is 25.9 Å². The third-order valence-electron chi connectivity index (χ3n) is 4.70. The highest BCUT2D eigenvalue weighted by Gasteiger charge is 2.27. The van der Waals surface area contributed by atoms with Crippen molar-refractivity contribution < 1.29 is 18.7 Å². The summed E-state index contributed by atoms with van der Waals surface area (Å²) >= 11 is 5.75. The molecule has 0 aliphatic carbocycles. The maximum absolute atomic E-state index is 13.2. The Kier molecular flexibility index (Phi) is 7.66. The van der Waals surface area contributed by atoms with Gasteiger partial charge in [0, 0.05) is 12.2 Å². The zero-order valence-corrected chi connectivity index (χ0v) is 17.6. The summed E-state index contributed by atoms with van der Waals surface area (Å²) in [5, 5.41) is 5.57. The lowest BCUT2D eigenvalue weighted by Crippen LogP contribution is -2.47. The Morgan fingerprint density at radius 3 is 2.54 bits per heavy atom. The molecular formula is C20H29ClFN3O3. The number of nitrogens with one attached hydrogen (secondary N) is 2. The molecule has 1 atom stereocenters. The van der Waals surface area contributed by atoms with Crippen molar-refractivity contribution in [1.82, 2.24) is 10.2 Å². The van der Waals surface area contributed by atoms with Crippen LogP contribution in [0, 0.1) is 11.7 Å². The lowest BCUT2D eigenvalue weighted by molar-refractivity contribution is -0.121. The fourth-order valence-electron chi connectivity index (χ4n) is 3.07. The van der Waals surface area contributed by atoms with Crippen LogP contribution >= 0.6 is 11.6 Å². The first-order chi connectivity index (χ1) is 13.0. The molecule has 156 valence electrons. The van der Waals surface area contributed by atoms with Gasteiger partial charge >= 0.3 is 6.09 Å². The second kappa shape index (κ2) is 9.56. The third-order valence-corrected chi connectivity index (χ3v) is 4.99. The second-order valence-corrected chi connectivity index (χ2v) is 8.56. The van der Waals surface area contributed by atoms with Crippen LogP contribution in [-0.4, -0.2) is 48.2 Å². The van der Waals surface area contributed by atoms with Gasteiger partial charge in [0.05, 0.1) is 11.1 Å². The molecule has 1 fully saturated rings. The van der Waals surface area contributed by atoms with Crippen molar-refractivity contribution in [2.75, 3.05) is 25.0 Å². The van der Waals surface area contributed by atoms with E-state index in [1.807, 2.05) is 27.7 Å². The molecule has 1 heterocycles. The number of amides is 2. The quantitative estimate of drug-likeness (QED) is 0.764. The zero-order chi connectivity index (χ0) is 20.9. The fraction of sp³-hybridized carbons (Fsp3) is 0.600. The summed E-state index contributed by atoms with van der Waals surface area (Å²) in [6, 6.07) is 3.80. The van der Waals surface area contributed by atoms with Crippen molar-refractivity contribution in [3.05, 3.63) is 29.0 Å². The summed E-state index contributed by atoms with van der Waals surface area (Å²) in [6.45, 7) is 9.43. The molecule has 1 aromatic carbocycles. The van der Waals surface area contributed by atoms with E-state index in [2.05, 4.69) is 15.5 Å². The molecule has 0 bridgehead atoms. The first kappa shape index (κ1) is 22.4. The van der Waals surface area contributed by atoms with Crippen molar-refractivity contribution in [2.45, 2.75) is 52.2 Å². The lowest BCUT2D eigenvalue weighted by Gasteiger charge is -2.35. The summed E-state index contributed by atoms with van der Waals surface area (Å²) in [6.07, 6.45) is 1.37. The van der Waals surface area contributed by atoms with Crippen LogP contribution in [0.2, 0.25) is 5.02 Å². The van der Waals surface area contributed by atoms with Crippen molar-refractivity contribution in [3.8, 4) is 0 Å². The number of hydrogen-bond donors (Lipinski definition) is 2. The number of likely N-dealkylation sites (tertiary alicyclic amines) is 1. The molecule has 0 spiro atoms. The molecule has 1 aromatic rings. The molecule has 8 heteroatoms. The smallest absolute Gasteiger partial charge is 0.407 e. The van der Waals surface area contributed by atoms with E-state index in [0.29, 0.717) is 18.2 Å². The largest absolute Gasteiger partial charge is 0.444 e. The molecule has 2 N–H and O–H groups in total. The molecule has 1 aliphatic rings. The van der Waals surface area contributed by atoms with Gasteiger partial charge in [0.25, 0.3) is 0 Å². The Morgan fingerprint density at radius 2 is 1.96 bits per heavy atom. The van der Waals surface area contributed by atoms with Gasteiger partial charge in [-0.2, -0.15) is 0 Å². The average molecular weight is 414 g/mol. The molecule has 28 heavy (non-hydrogen) atoms. The van der Waals surface area contributed by atoms with Crippen LogP contribution in [0.4, 0.5) is 14.9 Å². The maximum atomic E-state index is 13.2. The van der Waals surface area contributed by atoms with E-state index in [1.54, 1.807) is 0 Å². The van der Waals surface area contributed by atoms with Gasteiger partial charge in [-0.1, -0.05) is 11.6 Å². The highest BCUT2D eigenvalue weighted by molar-refractivity contribution is 6.31.